The van der Waals surface area contributed by atoms with Crippen LogP contribution in [0, 0.1) is 5.41 Å². The van der Waals surface area contributed by atoms with Gasteiger partial charge in [0.05, 0.1) is 12.8 Å². The smallest absolute Gasteiger partial charge is 0.131 e. The Morgan fingerprint density at radius 2 is 1.82 bits per heavy atom. The average Bonchev–Trinajstić information content (AvgIpc) is 2.39. The van der Waals surface area contributed by atoms with Gasteiger partial charge in [-0.05, 0) is 12.1 Å². The minimum absolute atomic E-state index is 0.131. The number of hydrogen-bond acceptors (Lipinski definition) is 3. The summed E-state index contributed by atoms with van der Waals surface area (Å²) >= 11 is 0. The summed E-state index contributed by atoms with van der Waals surface area (Å²) in [5, 5.41) is 17.5. The van der Waals surface area contributed by atoms with Crippen molar-refractivity contribution < 1.29 is 9.84 Å². The van der Waals surface area contributed by atoms with Crippen LogP contribution in [0.5, 0.6) is 11.5 Å². The fraction of sp³-hybridized carbons (Fsp3) is 0.0714. The van der Waals surface area contributed by atoms with Crippen LogP contribution in [0.15, 0.2) is 48.5 Å². The number of phenolic OH excluding ortho intramolecular Hbond substituents is 1. The molecule has 0 aromatic heterocycles. The molecule has 3 nitrogen and oxygen atoms in total. The first-order valence-electron chi connectivity index (χ1n) is 5.23. The largest absolute Gasteiger partial charge is 0.508 e. The lowest BCUT2D eigenvalue weighted by atomic mass is 10.0. The molecule has 0 radical (unpaired) electrons. The second-order valence-electron chi connectivity index (χ2n) is 3.63. The Kier molecular flexibility index (Phi) is 3.10. The number of phenols is 1. The maximum Gasteiger partial charge on any atom is 0.131 e. The molecule has 0 aliphatic heterocycles. The van der Waals surface area contributed by atoms with Gasteiger partial charge in [-0.25, -0.2) is 0 Å². The van der Waals surface area contributed by atoms with Crippen molar-refractivity contribution >= 4 is 5.71 Å². The molecule has 17 heavy (non-hydrogen) atoms. The van der Waals surface area contributed by atoms with E-state index < -0.39 is 0 Å². The summed E-state index contributed by atoms with van der Waals surface area (Å²) in [5.74, 6) is 0.630. The SMILES string of the molecule is COc1cc(O)ccc1C(=N)c1ccccc1. The van der Waals surface area contributed by atoms with Crippen LogP contribution >= 0.6 is 0 Å². The first-order valence-corrected chi connectivity index (χ1v) is 5.23. The first-order chi connectivity index (χ1) is 8.22. The molecule has 0 unspecified atom stereocenters. The Hall–Kier alpha value is -2.29. The van der Waals surface area contributed by atoms with Crippen molar-refractivity contribution in [2.75, 3.05) is 7.11 Å². The molecule has 2 aromatic carbocycles. The maximum atomic E-state index is 9.37. The Morgan fingerprint density at radius 3 is 2.47 bits per heavy atom. The first kappa shape index (κ1) is 11.2. The lowest BCUT2D eigenvalue weighted by Gasteiger charge is -2.10. The molecule has 0 aliphatic rings. The highest BCUT2D eigenvalue weighted by molar-refractivity contribution is 6.12. The molecule has 86 valence electrons. The second kappa shape index (κ2) is 4.70. The van der Waals surface area contributed by atoms with Crippen molar-refractivity contribution in [2.24, 2.45) is 0 Å². The van der Waals surface area contributed by atoms with Crippen LogP contribution in [0.3, 0.4) is 0 Å². The Morgan fingerprint density at radius 1 is 1.12 bits per heavy atom. The number of methoxy groups -OCH3 is 1. The van der Waals surface area contributed by atoms with E-state index in [0.29, 0.717) is 17.0 Å². The fourth-order valence-electron chi connectivity index (χ4n) is 1.65. The summed E-state index contributed by atoms with van der Waals surface area (Å²) in [6.07, 6.45) is 0. The molecule has 0 heterocycles. The minimum Gasteiger partial charge on any atom is -0.508 e. The van der Waals surface area contributed by atoms with Gasteiger partial charge in [0.2, 0.25) is 0 Å². The molecule has 0 saturated heterocycles. The molecule has 2 rings (SSSR count). The predicted molar refractivity (Wildman–Crippen MR) is 67.0 cm³/mol. The molecular formula is C14H13NO2. The standard InChI is InChI=1S/C14H13NO2/c1-17-13-9-11(16)7-8-12(13)14(15)10-5-3-2-4-6-10/h2-9,15-16H,1H3. The molecule has 0 spiro atoms. The summed E-state index contributed by atoms with van der Waals surface area (Å²) in [6.45, 7) is 0. The van der Waals surface area contributed by atoms with Crippen LogP contribution < -0.4 is 4.74 Å². The monoisotopic (exact) mass is 227 g/mol. The van der Waals surface area contributed by atoms with Crippen molar-refractivity contribution in [2.45, 2.75) is 0 Å². The Balaban J connectivity index is 2.44. The lowest BCUT2D eigenvalue weighted by Crippen LogP contribution is -2.03. The molecule has 2 N–H and O–H groups in total. The predicted octanol–water partition coefficient (Wildman–Crippen LogP) is 2.82. The van der Waals surface area contributed by atoms with E-state index in [2.05, 4.69) is 0 Å². The minimum atomic E-state index is 0.131. The number of nitrogens with one attached hydrogen (secondary N) is 1. The third kappa shape index (κ3) is 2.28. The van der Waals surface area contributed by atoms with Crippen LogP contribution in [0.25, 0.3) is 0 Å². The van der Waals surface area contributed by atoms with Gasteiger partial charge in [0.1, 0.15) is 11.5 Å². The second-order valence-corrected chi connectivity index (χ2v) is 3.63. The van der Waals surface area contributed by atoms with Gasteiger partial charge < -0.3 is 9.84 Å². The average molecular weight is 227 g/mol. The maximum absolute atomic E-state index is 9.37. The van der Waals surface area contributed by atoms with Crippen molar-refractivity contribution in [3.05, 3.63) is 59.7 Å². The molecule has 0 bridgehead atoms. The fourth-order valence-corrected chi connectivity index (χ4v) is 1.65. The summed E-state index contributed by atoms with van der Waals surface area (Å²) in [5.41, 5.74) is 1.86. The van der Waals surface area contributed by atoms with Gasteiger partial charge in [0, 0.05) is 17.2 Å². The van der Waals surface area contributed by atoms with Crippen LogP contribution in [0.1, 0.15) is 11.1 Å². The van der Waals surface area contributed by atoms with Gasteiger partial charge in [-0.15, -0.1) is 0 Å². The number of benzene rings is 2. The molecule has 0 fully saturated rings. The van der Waals surface area contributed by atoms with Gasteiger partial charge in [0.15, 0.2) is 0 Å². The van der Waals surface area contributed by atoms with Crippen LogP contribution in [0.2, 0.25) is 0 Å². The normalized spacial score (nSPS) is 9.94. The Labute approximate surface area is 99.8 Å². The van der Waals surface area contributed by atoms with Crippen LogP contribution in [-0.4, -0.2) is 17.9 Å². The van der Waals surface area contributed by atoms with Crippen LogP contribution in [-0.2, 0) is 0 Å². The highest BCUT2D eigenvalue weighted by atomic mass is 16.5. The van der Waals surface area contributed by atoms with E-state index in [0.717, 1.165) is 5.56 Å². The molecule has 3 heteroatoms. The molecule has 0 aliphatic carbocycles. The molecule has 0 amide bonds. The highest BCUT2D eigenvalue weighted by Gasteiger charge is 2.10. The van der Waals surface area contributed by atoms with E-state index in [-0.39, 0.29) is 5.75 Å². The zero-order chi connectivity index (χ0) is 12.3. The van der Waals surface area contributed by atoms with E-state index in [1.807, 2.05) is 30.3 Å². The van der Waals surface area contributed by atoms with Crippen molar-refractivity contribution in [3.8, 4) is 11.5 Å². The van der Waals surface area contributed by atoms with E-state index in [1.54, 1.807) is 12.1 Å². The van der Waals surface area contributed by atoms with Gasteiger partial charge in [-0.1, -0.05) is 30.3 Å². The summed E-state index contributed by atoms with van der Waals surface area (Å²) < 4.78 is 5.17. The number of rotatable bonds is 3. The molecular weight excluding hydrogens is 214 g/mol. The van der Waals surface area contributed by atoms with Crippen molar-refractivity contribution in [3.63, 3.8) is 0 Å². The number of aromatic hydroxyl groups is 1. The van der Waals surface area contributed by atoms with Gasteiger partial charge in [0.25, 0.3) is 0 Å². The van der Waals surface area contributed by atoms with E-state index in [4.69, 9.17) is 10.1 Å². The zero-order valence-corrected chi connectivity index (χ0v) is 9.47. The van der Waals surface area contributed by atoms with Crippen LogP contribution in [0.4, 0.5) is 0 Å². The third-order valence-corrected chi connectivity index (χ3v) is 2.52. The molecule has 0 saturated carbocycles. The summed E-state index contributed by atoms with van der Waals surface area (Å²) in [4.78, 5) is 0. The van der Waals surface area contributed by atoms with Gasteiger partial charge in [-0.2, -0.15) is 0 Å². The zero-order valence-electron chi connectivity index (χ0n) is 9.47. The Bertz CT molecular complexity index is 535. The van der Waals surface area contributed by atoms with Gasteiger partial charge in [-0.3, -0.25) is 5.41 Å². The third-order valence-electron chi connectivity index (χ3n) is 2.52. The van der Waals surface area contributed by atoms with E-state index >= 15 is 0 Å². The van der Waals surface area contributed by atoms with Gasteiger partial charge >= 0.3 is 0 Å². The van der Waals surface area contributed by atoms with Crippen molar-refractivity contribution in [1.29, 1.82) is 5.41 Å². The van der Waals surface area contributed by atoms with E-state index in [9.17, 15) is 5.11 Å². The lowest BCUT2D eigenvalue weighted by molar-refractivity contribution is 0.407. The summed E-state index contributed by atoms with van der Waals surface area (Å²) in [6, 6.07) is 14.2. The van der Waals surface area contributed by atoms with E-state index in [1.165, 1.54) is 13.2 Å². The topological polar surface area (TPSA) is 53.3 Å². The number of ether oxygens (including phenoxy) is 1. The van der Waals surface area contributed by atoms with Crippen molar-refractivity contribution in [1.82, 2.24) is 0 Å². The summed E-state index contributed by atoms with van der Waals surface area (Å²) in [7, 11) is 1.52. The molecule has 0 atom stereocenters. The quantitative estimate of drug-likeness (QED) is 0.792. The highest BCUT2D eigenvalue weighted by Crippen LogP contribution is 2.25. The molecule has 2 aromatic rings. The number of hydrogen-bond donors (Lipinski definition) is 2.